The van der Waals surface area contributed by atoms with Gasteiger partial charge in [0.15, 0.2) is 17.5 Å². The number of aromatic nitrogens is 2. The van der Waals surface area contributed by atoms with Crippen molar-refractivity contribution in [2.75, 3.05) is 18.0 Å². The summed E-state index contributed by atoms with van der Waals surface area (Å²) in [6.07, 6.45) is 2.06. The Morgan fingerprint density at radius 1 is 1.25 bits per heavy atom. The number of halogens is 2. The highest BCUT2D eigenvalue weighted by atomic mass is 19.2. The Morgan fingerprint density at radius 3 is 2.85 bits per heavy atom. The monoisotopic (exact) mass is 278 g/mol. The number of benzene rings is 1. The molecule has 1 atom stereocenters. The van der Waals surface area contributed by atoms with E-state index in [1.165, 1.54) is 6.07 Å². The number of nitrogens with zero attached hydrogens (tertiary/aromatic N) is 2. The zero-order chi connectivity index (χ0) is 14.1. The highest BCUT2D eigenvalue weighted by Crippen LogP contribution is 2.25. The van der Waals surface area contributed by atoms with E-state index in [2.05, 4.69) is 15.1 Å². The van der Waals surface area contributed by atoms with Crippen molar-refractivity contribution in [3.63, 3.8) is 0 Å². The number of hydrogen-bond acceptors (Lipinski definition) is 3. The smallest absolute Gasteiger partial charge is 0.159 e. The molecule has 2 heterocycles. The first kappa shape index (κ1) is 13.1. The van der Waals surface area contributed by atoms with E-state index < -0.39 is 11.6 Å². The lowest BCUT2D eigenvalue weighted by Crippen LogP contribution is -2.43. The van der Waals surface area contributed by atoms with E-state index in [4.69, 9.17) is 5.73 Å². The Hall–Kier alpha value is -1.95. The summed E-state index contributed by atoms with van der Waals surface area (Å²) in [7, 11) is 0. The topological polar surface area (TPSA) is 57.9 Å². The molecule has 6 heteroatoms. The molecule has 0 aliphatic carbocycles. The molecule has 1 fully saturated rings. The maximum atomic E-state index is 13.2. The maximum Gasteiger partial charge on any atom is 0.159 e. The molecule has 1 aliphatic rings. The van der Waals surface area contributed by atoms with Crippen molar-refractivity contribution in [1.29, 1.82) is 0 Å². The molecule has 1 aromatic carbocycles. The summed E-state index contributed by atoms with van der Waals surface area (Å²) in [4.78, 5) is 2.11. The fourth-order valence-electron chi connectivity index (χ4n) is 2.50. The Balaban J connectivity index is 1.84. The quantitative estimate of drug-likeness (QED) is 0.886. The second-order valence-corrected chi connectivity index (χ2v) is 5.12. The van der Waals surface area contributed by atoms with Crippen LogP contribution in [0.15, 0.2) is 24.3 Å². The largest absolute Gasteiger partial charge is 0.354 e. The molecule has 0 spiro atoms. The number of H-pyrrole nitrogens is 1. The fraction of sp³-hybridized carbons (Fsp3) is 0.357. The van der Waals surface area contributed by atoms with Gasteiger partial charge in [-0.15, -0.1) is 0 Å². The summed E-state index contributed by atoms with van der Waals surface area (Å²) in [6, 6.07) is 5.80. The summed E-state index contributed by atoms with van der Waals surface area (Å²) in [6.45, 7) is 1.68. The van der Waals surface area contributed by atoms with Crippen LogP contribution in [0.4, 0.5) is 14.6 Å². The SMILES string of the molecule is NC1CCCN(c2cc(-c3ccc(F)c(F)c3)[nH]n2)C1. The highest BCUT2D eigenvalue weighted by Gasteiger charge is 2.19. The minimum absolute atomic E-state index is 0.159. The van der Waals surface area contributed by atoms with E-state index in [9.17, 15) is 8.78 Å². The average molecular weight is 278 g/mol. The van der Waals surface area contributed by atoms with E-state index in [1.807, 2.05) is 6.07 Å². The summed E-state index contributed by atoms with van der Waals surface area (Å²) in [5, 5.41) is 7.09. The van der Waals surface area contributed by atoms with Crippen LogP contribution < -0.4 is 10.6 Å². The third kappa shape index (κ3) is 2.51. The number of hydrogen-bond donors (Lipinski definition) is 2. The molecule has 20 heavy (non-hydrogen) atoms. The molecule has 0 amide bonds. The fourth-order valence-corrected chi connectivity index (χ4v) is 2.50. The van der Waals surface area contributed by atoms with Gasteiger partial charge in [-0.1, -0.05) is 0 Å². The second-order valence-electron chi connectivity index (χ2n) is 5.12. The summed E-state index contributed by atoms with van der Waals surface area (Å²) < 4.78 is 26.2. The van der Waals surface area contributed by atoms with Crippen LogP contribution in [0.5, 0.6) is 0 Å². The first-order valence-corrected chi connectivity index (χ1v) is 6.65. The lowest BCUT2D eigenvalue weighted by atomic mass is 10.1. The van der Waals surface area contributed by atoms with Crippen LogP contribution in [0.2, 0.25) is 0 Å². The Morgan fingerprint density at radius 2 is 2.10 bits per heavy atom. The molecule has 3 N–H and O–H groups in total. The van der Waals surface area contributed by atoms with E-state index in [0.717, 1.165) is 43.9 Å². The highest BCUT2D eigenvalue weighted by molar-refractivity contribution is 5.63. The molecule has 2 aromatic rings. The van der Waals surface area contributed by atoms with Gasteiger partial charge in [0.2, 0.25) is 0 Å². The molecule has 106 valence electrons. The van der Waals surface area contributed by atoms with Crippen molar-refractivity contribution in [3.05, 3.63) is 35.9 Å². The molecule has 1 aliphatic heterocycles. The molecular formula is C14H16F2N4. The molecule has 1 unspecified atom stereocenters. The van der Waals surface area contributed by atoms with Crippen LogP contribution in [0.25, 0.3) is 11.3 Å². The maximum absolute atomic E-state index is 13.2. The number of aromatic amines is 1. The molecule has 4 nitrogen and oxygen atoms in total. The minimum Gasteiger partial charge on any atom is -0.354 e. The van der Waals surface area contributed by atoms with Gasteiger partial charge in [-0.05, 0) is 31.0 Å². The van der Waals surface area contributed by atoms with Crippen LogP contribution in [-0.4, -0.2) is 29.3 Å². The first-order chi connectivity index (χ1) is 9.63. The standard InChI is InChI=1S/C14H16F2N4/c15-11-4-3-9(6-12(11)16)13-7-14(19-18-13)20-5-1-2-10(17)8-20/h3-4,6-7,10H,1-2,5,8,17H2,(H,18,19). The number of piperidine rings is 1. The summed E-state index contributed by atoms with van der Waals surface area (Å²) in [5.74, 6) is -0.922. The van der Waals surface area contributed by atoms with Crippen LogP contribution in [0.1, 0.15) is 12.8 Å². The zero-order valence-corrected chi connectivity index (χ0v) is 10.9. The van der Waals surface area contributed by atoms with Gasteiger partial charge < -0.3 is 10.6 Å². The Kier molecular flexibility index (Phi) is 3.40. The lowest BCUT2D eigenvalue weighted by molar-refractivity contribution is 0.503. The van der Waals surface area contributed by atoms with Gasteiger partial charge in [0.05, 0.1) is 5.69 Å². The molecule has 0 radical (unpaired) electrons. The minimum atomic E-state index is -0.862. The van der Waals surface area contributed by atoms with Crippen molar-refractivity contribution in [2.45, 2.75) is 18.9 Å². The number of nitrogens with one attached hydrogen (secondary N) is 1. The van der Waals surface area contributed by atoms with Crippen molar-refractivity contribution >= 4 is 5.82 Å². The lowest BCUT2D eigenvalue weighted by Gasteiger charge is -2.30. The van der Waals surface area contributed by atoms with Gasteiger partial charge >= 0.3 is 0 Å². The molecule has 0 bridgehead atoms. The summed E-state index contributed by atoms with van der Waals surface area (Å²) >= 11 is 0. The number of rotatable bonds is 2. The van der Waals surface area contributed by atoms with Gasteiger partial charge in [-0.25, -0.2) is 8.78 Å². The molecular weight excluding hydrogens is 262 g/mol. The van der Waals surface area contributed by atoms with E-state index >= 15 is 0 Å². The Bertz CT molecular complexity index is 611. The van der Waals surface area contributed by atoms with E-state index in [-0.39, 0.29) is 6.04 Å². The molecule has 1 saturated heterocycles. The van der Waals surface area contributed by atoms with Crippen molar-refractivity contribution in [1.82, 2.24) is 10.2 Å². The predicted octanol–water partition coefficient (Wildman–Crippen LogP) is 2.28. The van der Waals surface area contributed by atoms with Crippen molar-refractivity contribution in [2.24, 2.45) is 5.73 Å². The molecule has 3 rings (SSSR count). The third-order valence-electron chi connectivity index (χ3n) is 3.58. The summed E-state index contributed by atoms with van der Waals surface area (Å²) in [5.41, 5.74) is 7.18. The molecule has 0 saturated carbocycles. The Labute approximate surface area is 115 Å². The van der Waals surface area contributed by atoms with Crippen molar-refractivity contribution < 1.29 is 8.78 Å². The zero-order valence-electron chi connectivity index (χ0n) is 10.9. The van der Waals surface area contributed by atoms with E-state index in [0.29, 0.717) is 11.3 Å². The van der Waals surface area contributed by atoms with Gasteiger partial charge in [0.25, 0.3) is 0 Å². The van der Waals surface area contributed by atoms with Gasteiger partial charge in [-0.2, -0.15) is 5.10 Å². The first-order valence-electron chi connectivity index (χ1n) is 6.65. The predicted molar refractivity (Wildman–Crippen MR) is 73.4 cm³/mol. The average Bonchev–Trinajstić information content (AvgIpc) is 2.92. The molecule has 1 aromatic heterocycles. The van der Waals surface area contributed by atoms with Crippen molar-refractivity contribution in [3.8, 4) is 11.3 Å². The van der Waals surface area contributed by atoms with Crippen LogP contribution in [-0.2, 0) is 0 Å². The van der Waals surface area contributed by atoms with Crippen LogP contribution in [0.3, 0.4) is 0 Å². The second kappa shape index (κ2) is 5.20. The third-order valence-corrected chi connectivity index (χ3v) is 3.58. The van der Waals surface area contributed by atoms with Crippen LogP contribution >= 0.6 is 0 Å². The van der Waals surface area contributed by atoms with Gasteiger partial charge in [0.1, 0.15) is 0 Å². The van der Waals surface area contributed by atoms with Gasteiger partial charge in [0, 0.05) is 30.8 Å². The van der Waals surface area contributed by atoms with Gasteiger partial charge in [-0.3, -0.25) is 5.10 Å². The van der Waals surface area contributed by atoms with E-state index in [1.54, 1.807) is 0 Å². The number of anilines is 1. The number of nitrogens with two attached hydrogens (primary N) is 1. The van der Waals surface area contributed by atoms with Crippen LogP contribution in [0, 0.1) is 11.6 Å². The normalized spacial score (nSPS) is 19.4.